The van der Waals surface area contributed by atoms with E-state index in [0.29, 0.717) is 25.2 Å². The number of likely N-dealkylation sites (tertiary alicyclic amines) is 2. The topological polar surface area (TPSA) is 61.6 Å². The fourth-order valence-electron chi connectivity index (χ4n) is 3.43. The van der Waals surface area contributed by atoms with Gasteiger partial charge in [0, 0.05) is 44.6 Å². The summed E-state index contributed by atoms with van der Waals surface area (Å²) in [5.74, 6) is 0. The van der Waals surface area contributed by atoms with Gasteiger partial charge in [0.05, 0.1) is 6.04 Å². The van der Waals surface area contributed by atoms with Crippen LogP contribution in [0.1, 0.15) is 31.7 Å². The van der Waals surface area contributed by atoms with Crippen LogP contribution < -0.4 is 0 Å². The third-order valence-electron chi connectivity index (χ3n) is 4.65. The van der Waals surface area contributed by atoms with E-state index >= 15 is 0 Å². The highest BCUT2D eigenvalue weighted by atomic mass is 16.4. The molecule has 1 aromatic rings. The predicted octanol–water partition coefficient (Wildman–Crippen LogP) is 1.66. The first-order chi connectivity index (χ1) is 9.74. The van der Waals surface area contributed by atoms with E-state index in [1.807, 2.05) is 18.5 Å². The Balaban J connectivity index is 1.48. The highest BCUT2D eigenvalue weighted by Crippen LogP contribution is 2.26. The molecule has 6 nitrogen and oxygen atoms in total. The van der Waals surface area contributed by atoms with Gasteiger partial charge in [-0.1, -0.05) is 0 Å². The zero-order valence-electron chi connectivity index (χ0n) is 11.7. The summed E-state index contributed by atoms with van der Waals surface area (Å²) in [5.41, 5.74) is 0. The highest BCUT2D eigenvalue weighted by molar-refractivity contribution is 5.65. The molecular formula is C14H22N4O2. The quantitative estimate of drug-likeness (QED) is 0.893. The molecule has 0 radical (unpaired) electrons. The van der Waals surface area contributed by atoms with Crippen molar-refractivity contribution in [3.63, 3.8) is 0 Å². The normalized spacial score (nSPS) is 23.1. The number of hydrogen-bond acceptors (Lipinski definition) is 3. The summed E-state index contributed by atoms with van der Waals surface area (Å²) in [4.78, 5) is 15.0. The second-order valence-electron chi connectivity index (χ2n) is 5.75. The summed E-state index contributed by atoms with van der Waals surface area (Å²) in [6, 6.07) is 3.07. The van der Waals surface area contributed by atoms with Crippen molar-refractivity contribution in [2.24, 2.45) is 0 Å². The van der Waals surface area contributed by atoms with Gasteiger partial charge in [0.1, 0.15) is 0 Å². The van der Waals surface area contributed by atoms with Crippen LogP contribution in [-0.4, -0.2) is 63.0 Å². The molecule has 3 rings (SSSR count). The van der Waals surface area contributed by atoms with Crippen LogP contribution in [0.5, 0.6) is 0 Å². The Labute approximate surface area is 119 Å². The van der Waals surface area contributed by atoms with E-state index in [-0.39, 0.29) is 0 Å². The van der Waals surface area contributed by atoms with Gasteiger partial charge in [-0.05, 0) is 31.7 Å². The Kier molecular flexibility index (Phi) is 3.91. The van der Waals surface area contributed by atoms with E-state index in [9.17, 15) is 4.79 Å². The summed E-state index contributed by atoms with van der Waals surface area (Å²) in [6.45, 7) is 3.56. The van der Waals surface area contributed by atoms with Crippen LogP contribution in [0.2, 0.25) is 0 Å². The predicted molar refractivity (Wildman–Crippen MR) is 74.7 cm³/mol. The van der Waals surface area contributed by atoms with Gasteiger partial charge < -0.3 is 14.9 Å². The molecule has 0 atom stereocenters. The van der Waals surface area contributed by atoms with Gasteiger partial charge in [-0.3, -0.25) is 4.68 Å². The van der Waals surface area contributed by atoms with Crippen LogP contribution in [0.4, 0.5) is 4.79 Å². The van der Waals surface area contributed by atoms with Crippen molar-refractivity contribution in [1.82, 2.24) is 19.6 Å². The maximum atomic E-state index is 10.9. The fraction of sp³-hybridized carbons (Fsp3) is 0.714. The molecule has 0 spiro atoms. The first-order valence-corrected chi connectivity index (χ1v) is 7.45. The molecule has 1 N–H and O–H groups in total. The molecule has 3 heterocycles. The molecule has 6 heteroatoms. The number of piperidine rings is 2. The fourth-order valence-corrected chi connectivity index (χ4v) is 3.43. The SMILES string of the molecule is O=C(O)N1CCC(N2CCC(n3cccn3)CC2)CC1. The first kappa shape index (κ1) is 13.4. The van der Waals surface area contributed by atoms with Gasteiger partial charge in [-0.15, -0.1) is 0 Å². The van der Waals surface area contributed by atoms with Gasteiger partial charge in [-0.2, -0.15) is 5.10 Å². The van der Waals surface area contributed by atoms with E-state index in [4.69, 9.17) is 5.11 Å². The van der Waals surface area contributed by atoms with Crippen molar-refractivity contribution in [1.29, 1.82) is 0 Å². The minimum Gasteiger partial charge on any atom is -0.465 e. The lowest BCUT2D eigenvalue weighted by molar-refractivity contribution is 0.0737. The molecule has 0 unspecified atom stereocenters. The third-order valence-corrected chi connectivity index (χ3v) is 4.65. The van der Waals surface area contributed by atoms with E-state index in [2.05, 4.69) is 14.7 Å². The second kappa shape index (κ2) is 5.83. The van der Waals surface area contributed by atoms with Crippen LogP contribution in [0, 0.1) is 0 Å². The van der Waals surface area contributed by atoms with Gasteiger partial charge >= 0.3 is 6.09 Å². The Hall–Kier alpha value is -1.56. The van der Waals surface area contributed by atoms with Crippen molar-refractivity contribution in [2.75, 3.05) is 26.2 Å². The zero-order valence-corrected chi connectivity index (χ0v) is 11.7. The molecule has 1 amide bonds. The van der Waals surface area contributed by atoms with Gasteiger partial charge in [0.25, 0.3) is 0 Å². The lowest BCUT2D eigenvalue weighted by Gasteiger charge is -2.41. The summed E-state index contributed by atoms with van der Waals surface area (Å²) in [7, 11) is 0. The lowest BCUT2D eigenvalue weighted by Crippen LogP contribution is -2.48. The molecule has 0 aromatic carbocycles. The standard InChI is InChI=1S/C14H22N4O2/c19-14(20)17-10-2-12(3-11-17)16-8-4-13(5-9-16)18-7-1-6-15-18/h1,6-7,12-13H,2-5,8-11H2,(H,19,20). The van der Waals surface area contributed by atoms with Gasteiger partial charge in [0.15, 0.2) is 0 Å². The molecule has 0 saturated carbocycles. The minimum absolute atomic E-state index is 0.528. The summed E-state index contributed by atoms with van der Waals surface area (Å²) in [5, 5.41) is 13.3. The van der Waals surface area contributed by atoms with Gasteiger partial charge in [0.2, 0.25) is 0 Å². The summed E-state index contributed by atoms with van der Waals surface area (Å²) < 4.78 is 2.07. The number of nitrogens with zero attached hydrogens (tertiary/aromatic N) is 4. The highest BCUT2D eigenvalue weighted by Gasteiger charge is 2.29. The summed E-state index contributed by atoms with van der Waals surface area (Å²) in [6.07, 6.45) is 7.33. The van der Waals surface area contributed by atoms with Crippen LogP contribution in [0.25, 0.3) is 0 Å². The average molecular weight is 278 g/mol. The average Bonchev–Trinajstić information content (AvgIpc) is 3.02. The lowest BCUT2D eigenvalue weighted by atomic mass is 9.98. The van der Waals surface area contributed by atoms with E-state index < -0.39 is 6.09 Å². The number of carbonyl (C=O) groups is 1. The number of amides is 1. The van der Waals surface area contributed by atoms with Crippen molar-refractivity contribution in [3.8, 4) is 0 Å². The Morgan fingerprint density at radius 1 is 1.05 bits per heavy atom. The Morgan fingerprint density at radius 3 is 2.25 bits per heavy atom. The molecule has 0 aliphatic carbocycles. The van der Waals surface area contributed by atoms with Crippen molar-refractivity contribution in [2.45, 2.75) is 37.8 Å². The smallest absolute Gasteiger partial charge is 0.407 e. The summed E-state index contributed by atoms with van der Waals surface area (Å²) >= 11 is 0. The number of aromatic nitrogens is 2. The number of carboxylic acid groups (broad SMARTS) is 1. The Bertz CT molecular complexity index is 432. The monoisotopic (exact) mass is 278 g/mol. The maximum Gasteiger partial charge on any atom is 0.407 e. The van der Waals surface area contributed by atoms with E-state index in [1.165, 1.54) is 4.90 Å². The van der Waals surface area contributed by atoms with Crippen molar-refractivity contribution in [3.05, 3.63) is 18.5 Å². The van der Waals surface area contributed by atoms with Crippen molar-refractivity contribution < 1.29 is 9.90 Å². The van der Waals surface area contributed by atoms with Crippen LogP contribution in [0.15, 0.2) is 18.5 Å². The van der Waals surface area contributed by atoms with Crippen LogP contribution in [-0.2, 0) is 0 Å². The second-order valence-corrected chi connectivity index (χ2v) is 5.75. The molecule has 2 aliphatic heterocycles. The Morgan fingerprint density at radius 2 is 1.70 bits per heavy atom. The number of hydrogen-bond donors (Lipinski definition) is 1. The first-order valence-electron chi connectivity index (χ1n) is 7.45. The molecular weight excluding hydrogens is 256 g/mol. The zero-order chi connectivity index (χ0) is 13.9. The third kappa shape index (κ3) is 2.80. The number of rotatable bonds is 2. The van der Waals surface area contributed by atoms with Crippen LogP contribution >= 0.6 is 0 Å². The molecule has 110 valence electrons. The van der Waals surface area contributed by atoms with Gasteiger partial charge in [-0.25, -0.2) is 4.79 Å². The molecule has 2 aliphatic rings. The molecule has 2 fully saturated rings. The minimum atomic E-state index is -0.777. The molecule has 0 bridgehead atoms. The molecule has 1 aromatic heterocycles. The van der Waals surface area contributed by atoms with Crippen LogP contribution in [0.3, 0.4) is 0 Å². The van der Waals surface area contributed by atoms with E-state index in [0.717, 1.165) is 38.8 Å². The van der Waals surface area contributed by atoms with E-state index in [1.54, 1.807) is 0 Å². The largest absolute Gasteiger partial charge is 0.465 e. The molecule has 2 saturated heterocycles. The molecule has 20 heavy (non-hydrogen) atoms. The van der Waals surface area contributed by atoms with Crippen molar-refractivity contribution >= 4 is 6.09 Å². The maximum absolute atomic E-state index is 10.9.